The van der Waals surface area contributed by atoms with Gasteiger partial charge in [0.05, 0.1) is 24.3 Å². The molecule has 1 N–H and O–H groups in total. The number of hydrogen-bond donors (Lipinski definition) is 1. The summed E-state index contributed by atoms with van der Waals surface area (Å²) in [5.41, 5.74) is -0.0278. The average Bonchev–Trinajstić information content (AvgIpc) is 2.40. The predicted molar refractivity (Wildman–Crippen MR) is 67.9 cm³/mol. The third-order valence-corrected chi connectivity index (χ3v) is 3.22. The van der Waals surface area contributed by atoms with Crippen molar-refractivity contribution in [2.75, 3.05) is 12.4 Å². The summed E-state index contributed by atoms with van der Waals surface area (Å²) >= 11 is 0. The van der Waals surface area contributed by atoms with Crippen LogP contribution in [0.3, 0.4) is 0 Å². The van der Waals surface area contributed by atoms with E-state index in [1.165, 1.54) is 38.6 Å². The van der Waals surface area contributed by atoms with E-state index in [0.717, 1.165) is 12.8 Å². The Morgan fingerprint density at radius 2 is 2.17 bits per heavy atom. The second kappa shape index (κ2) is 5.66. The number of pyridine rings is 1. The Bertz CT molecular complexity index is 431. The monoisotopic (exact) mass is 251 g/mol. The van der Waals surface area contributed by atoms with Crippen LogP contribution in [0.15, 0.2) is 12.3 Å². The van der Waals surface area contributed by atoms with Gasteiger partial charge in [0.1, 0.15) is 5.75 Å². The molecule has 6 nitrogen and oxygen atoms in total. The SMILES string of the molecule is COc1cnc(NC2CCCCC2)c([N+](=O)[O-])c1. The van der Waals surface area contributed by atoms with Gasteiger partial charge in [-0.25, -0.2) is 4.98 Å². The first kappa shape index (κ1) is 12.6. The van der Waals surface area contributed by atoms with Gasteiger partial charge >= 0.3 is 5.69 Å². The summed E-state index contributed by atoms with van der Waals surface area (Å²) in [6, 6.07) is 1.69. The molecule has 0 spiro atoms. The van der Waals surface area contributed by atoms with Crippen LogP contribution in [-0.4, -0.2) is 23.1 Å². The second-order valence-electron chi connectivity index (χ2n) is 4.48. The van der Waals surface area contributed by atoms with Crippen LogP contribution in [-0.2, 0) is 0 Å². The van der Waals surface area contributed by atoms with Crippen molar-refractivity contribution >= 4 is 11.5 Å². The lowest BCUT2D eigenvalue weighted by Gasteiger charge is -2.23. The van der Waals surface area contributed by atoms with E-state index < -0.39 is 4.92 Å². The Labute approximate surface area is 106 Å². The molecule has 1 heterocycles. The first-order chi connectivity index (χ1) is 8.70. The highest BCUT2D eigenvalue weighted by molar-refractivity contribution is 5.58. The Kier molecular flexibility index (Phi) is 3.96. The lowest BCUT2D eigenvalue weighted by molar-refractivity contribution is -0.384. The highest BCUT2D eigenvalue weighted by Gasteiger charge is 2.21. The summed E-state index contributed by atoms with van der Waals surface area (Å²) in [5.74, 6) is 0.739. The van der Waals surface area contributed by atoms with E-state index in [1.807, 2.05) is 0 Å². The van der Waals surface area contributed by atoms with Gasteiger partial charge in [-0.3, -0.25) is 10.1 Å². The number of anilines is 1. The zero-order chi connectivity index (χ0) is 13.0. The molecule has 98 valence electrons. The fourth-order valence-electron chi connectivity index (χ4n) is 2.24. The maximum Gasteiger partial charge on any atom is 0.315 e. The first-order valence-corrected chi connectivity index (χ1v) is 6.15. The molecule has 0 saturated heterocycles. The largest absolute Gasteiger partial charge is 0.495 e. The minimum absolute atomic E-state index is 0.0278. The van der Waals surface area contributed by atoms with Crippen LogP contribution in [0.4, 0.5) is 11.5 Å². The van der Waals surface area contributed by atoms with Gasteiger partial charge in [-0.1, -0.05) is 19.3 Å². The fourth-order valence-corrected chi connectivity index (χ4v) is 2.24. The maximum atomic E-state index is 11.0. The fraction of sp³-hybridized carbons (Fsp3) is 0.583. The molecule has 1 aromatic heterocycles. The molecule has 18 heavy (non-hydrogen) atoms. The smallest absolute Gasteiger partial charge is 0.315 e. The second-order valence-corrected chi connectivity index (χ2v) is 4.48. The quantitative estimate of drug-likeness (QED) is 0.657. The Morgan fingerprint density at radius 1 is 1.44 bits per heavy atom. The Morgan fingerprint density at radius 3 is 2.78 bits per heavy atom. The van der Waals surface area contributed by atoms with Crippen LogP contribution < -0.4 is 10.1 Å². The van der Waals surface area contributed by atoms with Crippen LogP contribution in [0.25, 0.3) is 0 Å². The number of ether oxygens (including phenoxy) is 1. The van der Waals surface area contributed by atoms with Crippen LogP contribution in [0.5, 0.6) is 5.75 Å². The molecule has 1 aliphatic rings. The van der Waals surface area contributed by atoms with E-state index in [9.17, 15) is 10.1 Å². The molecule has 0 radical (unpaired) electrons. The highest BCUT2D eigenvalue weighted by atomic mass is 16.6. The van der Waals surface area contributed by atoms with Crippen molar-refractivity contribution < 1.29 is 9.66 Å². The van der Waals surface area contributed by atoms with E-state index in [-0.39, 0.29) is 5.69 Å². The molecule has 1 fully saturated rings. The van der Waals surface area contributed by atoms with E-state index in [0.29, 0.717) is 17.6 Å². The lowest BCUT2D eigenvalue weighted by atomic mass is 9.95. The molecule has 1 saturated carbocycles. The van der Waals surface area contributed by atoms with Crippen LogP contribution in [0.2, 0.25) is 0 Å². The molecule has 1 aliphatic carbocycles. The summed E-state index contributed by atoms with van der Waals surface area (Å²) in [6.45, 7) is 0. The summed E-state index contributed by atoms with van der Waals surface area (Å²) < 4.78 is 4.96. The zero-order valence-electron chi connectivity index (χ0n) is 10.4. The van der Waals surface area contributed by atoms with Crippen molar-refractivity contribution in [3.8, 4) is 5.75 Å². The molecular formula is C12H17N3O3. The minimum Gasteiger partial charge on any atom is -0.495 e. The van der Waals surface area contributed by atoms with E-state index in [4.69, 9.17) is 4.74 Å². The van der Waals surface area contributed by atoms with Gasteiger partial charge in [0.15, 0.2) is 0 Å². The van der Waals surface area contributed by atoms with Gasteiger partial charge < -0.3 is 10.1 Å². The molecule has 6 heteroatoms. The molecule has 0 atom stereocenters. The summed E-state index contributed by atoms with van der Waals surface area (Å²) in [6.07, 6.45) is 7.17. The van der Waals surface area contributed by atoms with Crippen molar-refractivity contribution in [1.82, 2.24) is 4.98 Å². The van der Waals surface area contributed by atoms with E-state index in [1.54, 1.807) is 0 Å². The third-order valence-electron chi connectivity index (χ3n) is 3.22. The standard InChI is InChI=1S/C12H17N3O3/c1-18-10-7-11(15(16)17)12(13-8-10)14-9-5-3-2-4-6-9/h7-9H,2-6H2,1H3,(H,13,14). The van der Waals surface area contributed by atoms with Gasteiger partial charge in [0, 0.05) is 6.04 Å². The van der Waals surface area contributed by atoms with Gasteiger partial charge in [0.2, 0.25) is 5.82 Å². The number of aromatic nitrogens is 1. The normalized spacial score (nSPS) is 16.3. The van der Waals surface area contributed by atoms with Crippen molar-refractivity contribution in [1.29, 1.82) is 0 Å². The number of nitrogens with zero attached hydrogens (tertiary/aromatic N) is 2. The molecule has 1 aromatic rings. The Hall–Kier alpha value is -1.85. The van der Waals surface area contributed by atoms with E-state index >= 15 is 0 Å². The lowest BCUT2D eigenvalue weighted by Crippen LogP contribution is -2.23. The molecule has 2 rings (SSSR count). The van der Waals surface area contributed by atoms with Gasteiger partial charge in [-0.05, 0) is 12.8 Å². The number of hydrogen-bond acceptors (Lipinski definition) is 5. The molecule has 0 bridgehead atoms. The van der Waals surface area contributed by atoms with Gasteiger partial charge in [-0.2, -0.15) is 0 Å². The summed E-state index contributed by atoms with van der Waals surface area (Å²) in [5, 5.41) is 14.2. The molecular weight excluding hydrogens is 234 g/mol. The number of methoxy groups -OCH3 is 1. The summed E-state index contributed by atoms with van der Waals surface area (Å²) in [7, 11) is 1.47. The van der Waals surface area contributed by atoms with E-state index in [2.05, 4.69) is 10.3 Å². The highest BCUT2D eigenvalue weighted by Crippen LogP contribution is 2.29. The summed E-state index contributed by atoms with van der Waals surface area (Å²) in [4.78, 5) is 14.7. The molecule has 0 unspecified atom stereocenters. The zero-order valence-corrected chi connectivity index (χ0v) is 10.4. The predicted octanol–water partition coefficient (Wildman–Crippen LogP) is 2.74. The van der Waals surface area contributed by atoms with Crippen molar-refractivity contribution in [2.45, 2.75) is 38.1 Å². The van der Waals surface area contributed by atoms with Crippen LogP contribution in [0, 0.1) is 10.1 Å². The average molecular weight is 251 g/mol. The number of nitro groups is 1. The molecule has 0 aromatic carbocycles. The topological polar surface area (TPSA) is 77.3 Å². The maximum absolute atomic E-state index is 11.0. The van der Waals surface area contributed by atoms with Crippen LogP contribution in [0.1, 0.15) is 32.1 Å². The minimum atomic E-state index is -0.430. The van der Waals surface area contributed by atoms with Crippen molar-refractivity contribution in [2.24, 2.45) is 0 Å². The molecule has 0 amide bonds. The number of rotatable bonds is 4. The van der Waals surface area contributed by atoms with Gasteiger partial charge in [-0.15, -0.1) is 0 Å². The first-order valence-electron chi connectivity index (χ1n) is 6.15. The third kappa shape index (κ3) is 2.88. The number of nitrogens with one attached hydrogen (secondary N) is 1. The van der Waals surface area contributed by atoms with Gasteiger partial charge in [0.25, 0.3) is 0 Å². The Balaban J connectivity index is 2.17. The van der Waals surface area contributed by atoms with Crippen molar-refractivity contribution in [3.05, 3.63) is 22.4 Å². The molecule has 0 aliphatic heterocycles. The van der Waals surface area contributed by atoms with Crippen LogP contribution >= 0.6 is 0 Å². The van der Waals surface area contributed by atoms with Crippen molar-refractivity contribution in [3.63, 3.8) is 0 Å².